The number of nitrogens with zero attached hydrogens (tertiary/aromatic N) is 1. The quantitative estimate of drug-likeness (QED) is 0.746. The lowest BCUT2D eigenvalue weighted by atomic mass is 10.2. The zero-order chi connectivity index (χ0) is 15.9. The van der Waals surface area contributed by atoms with Gasteiger partial charge in [0.2, 0.25) is 0 Å². The number of hydrogen-bond acceptors (Lipinski definition) is 2. The van der Waals surface area contributed by atoms with Gasteiger partial charge in [-0.15, -0.1) is 0 Å². The molecule has 4 nitrogen and oxygen atoms in total. The second-order valence-electron chi connectivity index (χ2n) is 5.15. The van der Waals surface area contributed by atoms with Crippen LogP contribution in [0.3, 0.4) is 0 Å². The van der Waals surface area contributed by atoms with Gasteiger partial charge in [0, 0.05) is 28.1 Å². The maximum atomic E-state index is 12.7. The summed E-state index contributed by atoms with van der Waals surface area (Å²) >= 11 is 3.31. The minimum atomic E-state index is -3.58. The third kappa shape index (κ3) is 2.64. The highest BCUT2D eigenvalue weighted by Gasteiger charge is 2.21. The zero-order valence-corrected chi connectivity index (χ0v) is 14.6. The van der Waals surface area contributed by atoms with E-state index in [1.165, 1.54) is 4.31 Å². The number of aryl methyl sites for hydroxylation is 1. The van der Waals surface area contributed by atoms with Crippen LogP contribution in [0.4, 0.5) is 5.69 Å². The maximum absolute atomic E-state index is 12.7. The van der Waals surface area contributed by atoms with E-state index in [1.807, 2.05) is 25.1 Å². The van der Waals surface area contributed by atoms with E-state index in [0.29, 0.717) is 5.69 Å². The second-order valence-corrected chi connectivity index (χ2v) is 8.04. The monoisotopic (exact) mass is 378 g/mol. The van der Waals surface area contributed by atoms with Crippen molar-refractivity contribution in [2.45, 2.75) is 11.8 Å². The van der Waals surface area contributed by atoms with E-state index in [2.05, 4.69) is 20.9 Å². The Morgan fingerprint density at radius 1 is 1.09 bits per heavy atom. The second kappa shape index (κ2) is 5.44. The van der Waals surface area contributed by atoms with E-state index in [1.54, 1.807) is 37.4 Å². The molecule has 0 unspecified atom stereocenters. The molecule has 1 N–H and O–H groups in total. The molecule has 0 aliphatic heterocycles. The molecule has 1 heterocycles. The Bertz CT molecular complexity index is 948. The lowest BCUT2D eigenvalue weighted by Gasteiger charge is -2.19. The molecule has 0 aliphatic rings. The Kier molecular flexibility index (Phi) is 3.74. The van der Waals surface area contributed by atoms with Crippen LogP contribution in [0.25, 0.3) is 10.9 Å². The number of fused-ring (bicyclic) bond motifs is 1. The number of H-pyrrole nitrogens is 1. The standard InChI is InChI=1S/C16H15BrN2O2S/c1-11-8-12-9-14(6-7-16(12)18-11)19(2)22(20,21)15-5-3-4-13(17)10-15/h3-10,18H,1-2H3. The smallest absolute Gasteiger partial charge is 0.264 e. The maximum Gasteiger partial charge on any atom is 0.264 e. The van der Waals surface area contributed by atoms with Gasteiger partial charge in [-0.1, -0.05) is 22.0 Å². The Morgan fingerprint density at radius 3 is 2.59 bits per heavy atom. The average molecular weight is 379 g/mol. The molecule has 0 aliphatic carbocycles. The zero-order valence-electron chi connectivity index (χ0n) is 12.2. The Balaban J connectivity index is 2.05. The van der Waals surface area contributed by atoms with Gasteiger partial charge in [-0.05, 0) is 49.4 Å². The molecule has 3 rings (SSSR count). The number of rotatable bonds is 3. The third-order valence-corrected chi connectivity index (χ3v) is 5.83. The fraction of sp³-hybridized carbons (Fsp3) is 0.125. The third-order valence-electron chi connectivity index (χ3n) is 3.56. The van der Waals surface area contributed by atoms with Gasteiger partial charge in [0.25, 0.3) is 10.0 Å². The highest BCUT2D eigenvalue weighted by molar-refractivity contribution is 9.10. The van der Waals surface area contributed by atoms with E-state index in [9.17, 15) is 8.42 Å². The van der Waals surface area contributed by atoms with E-state index in [-0.39, 0.29) is 4.90 Å². The Morgan fingerprint density at radius 2 is 1.86 bits per heavy atom. The molecule has 1 aromatic heterocycles. The van der Waals surface area contributed by atoms with Crippen LogP contribution in [0.5, 0.6) is 0 Å². The predicted molar refractivity (Wildman–Crippen MR) is 92.8 cm³/mol. The van der Waals surface area contributed by atoms with Crippen LogP contribution in [0.15, 0.2) is 57.9 Å². The van der Waals surface area contributed by atoms with E-state index in [0.717, 1.165) is 21.1 Å². The van der Waals surface area contributed by atoms with Gasteiger partial charge in [-0.2, -0.15) is 0 Å². The van der Waals surface area contributed by atoms with E-state index < -0.39 is 10.0 Å². The van der Waals surface area contributed by atoms with Crippen LogP contribution in [-0.2, 0) is 10.0 Å². The number of anilines is 1. The summed E-state index contributed by atoms with van der Waals surface area (Å²) in [6.45, 7) is 1.97. The molecule has 0 radical (unpaired) electrons. The summed E-state index contributed by atoms with van der Waals surface area (Å²) in [6.07, 6.45) is 0. The number of sulfonamides is 1. The molecule has 3 aromatic rings. The van der Waals surface area contributed by atoms with Crippen LogP contribution in [-0.4, -0.2) is 20.4 Å². The summed E-state index contributed by atoms with van der Waals surface area (Å²) < 4.78 is 27.5. The molecule has 114 valence electrons. The molecule has 6 heteroatoms. The fourth-order valence-corrected chi connectivity index (χ4v) is 4.17. The van der Waals surface area contributed by atoms with Crippen molar-refractivity contribution < 1.29 is 8.42 Å². The fourth-order valence-electron chi connectivity index (χ4n) is 2.39. The van der Waals surface area contributed by atoms with Crippen molar-refractivity contribution in [1.29, 1.82) is 0 Å². The highest BCUT2D eigenvalue weighted by atomic mass is 79.9. The van der Waals surface area contributed by atoms with E-state index in [4.69, 9.17) is 0 Å². The largest absolute Gasteiger partial charge is 0.359 e. The van der Waals surface area contributed by atoms with Gasteiger partial charge in [-0.25, -0.2) is 8.42 Å². The molecule has 2 aromatic carbocycles. The molecular formula is C16H15BrN2O2S. The van der Waals surface area contributed by atoms with Crippen molar-refractivity contribution in [1.82, 2.24) is 4.98 Å². The van der Waals surface area contributed by atoms with E-state index >= 15 is 0 Å². The number of aromatic nitrogens is 1. The molecule has 22 heavy (non-hydrogen) atoms. The first kappa shape index (κ1) is 15.1. The van der Waals surface area contributed by atoms with Crippen LogP contribution in [0, 0.1) is 6.92 Å². The lowest BCUT2D eigenvalue weighted by molar-refractivity contribution is 0.594. The highest BCUT2D eigenvalue weighted by Crippen LogP contribution is 2.27. The summed E-state index contributed by atoms with van der Waals surface area (Å²) in [5.41, 5.74) is 2.67. The van der Waals surface area contributed by atoms with Crippen LogP contribution in [0.2, 0.25) is 0 Å². The SMILES string of the molecule is Cc1cc2cc(N(C)S(=O)(=O)c3cccc(Br)c3)ccc2[nH]1. The van der Waals surface area contributed by atoms with Crippen LogP contribution < -0.4 is 4.31 Å². The summed E-state index contributed by atoms with van der Waals surface area (Å²) in [6, 6.07) is 14.3. The van der Waals surface area contributed by atoms with Gasteiger partial charge in [0.1, 0.15) is 0 Å². The molecule has 0 fully saturated rings. The summed E-state index contributed by atoms with van der Waals surface area (Å²) in [4.78, 5) is 3.49. The minimum absolute atomic E-state index is 0.259. The summed E-state index contributed by atoms with van der Waals surface area (Å²) in [5, 5.41) is 0.992. The first-order valence-electron chi connectivity index (χ1n) is 6.72. The molecule has 0 bridgehead atoms. The molecular weight excluding hydrogens is 364 g/mol. The number of benzene rings is 2. The first-order chi connectivity index (χ1) is 10.4. The van der Waals surface area contributed by atoms with Crippen LogP contribution in [0.1, 0.15) is 5.69 Å². The van der Waals surface area contributed by atoms with Crippen molar-refractivity contribution in [3.8, 4) is 0 Å². The molecule has 0 saturated heterocycles. The van der Waals surface area contributed by atoms with Gasteiger partial charge >= 0.3 is 0 Å². The molecule has 0 saturated carbocycles. The Hall–Kier alpha value is -1.79. The topological polar surface area (TPSA) is 53.2 Å². The molecule has 0 amide bonds. The molecule has 0 spiro atoms. The number of halogens is 1. The summed E-state index contributed by atoms with van der Waals surface area (Å²) in [7, 11) is -2.02. The van der Waals surface area contributed by atoms with Crippen molar-refractivity contribution in [3.05, 3.63) is 58.7 Å². The number of nitrogens with one attached hydrogen (secondary N) is 1. The van der Waals surface area contributed by atoms with Gasteiger partial charge in [-0.3, -0.25) is 4.31 Å². The number of aromatic amines is 1. The van der Waals surface area contributed by atoms with Crippen molar-refractivity contribution in [3.63, 3.8) is 0 Å². The lowest BCUT2D eigenvalue weighted by Crippen LogP contribution is -2.26. The first-order valence-corrected chi connectivity index (χ1v) is 8.95. The van der Waals surface area contributed by atoms with Crippen LogP contribution >= 0.6 is 15.9 Å². The number of hydrogen-bond donors (Lipinski definition) is 1. The Labute approximate surface area is 137 Å². The summed E-state index contributed by atoms with van der Waals surface area (Å²) in [5.74, 6) is 0. The van der Waals surface area contributed by atoms with Crippen molar-refractivity contribution >= 4 is 42.5 Å². The van der Waals surface area contributed by atoms with Gasteiger partial charge in [0.05, 0.1) is 10.6 Å². The van der Waals surface area contributed by atoms with Crippen molar-refractivity contribution in [2.24, 2.45) is 0 Å². The molecule has 0 atom stereocenters. The predicted octanol–water partition coefficient (Wildman–Crippen LogP) is 4.06. The average Bonchev–Trinajstić information content (AvgIpc) is 2.85. The minimum Gasteiger partial charge on any atom is -0.359 e. The van der Waals surface area contributed by atoms with Crippen molar-refractivity contribution in [2.75, 3.05) is 11.4 Å². The van der Waals surface area contributed by atoms with Gasteiger partial charge < -0.3 is 4.98 Å². The normalized spacial score (nSPS) is 11.8. The van der Waals surface area contributed by atoms with Gasteiger partial charge in [0.15, 0.2) is 0 Å².